The lowest BCUT2D eigenvalue weighted by Crippen LogP contribution is -2.44. The van der Waals surface area contributed by atoms with Crippen molar-refractivity contribution in [2.75, 3.05) is 26.3 Å². The fraction of sp³-hybridized carbons (Fsp3) is 0.579. The molecule has 2 aliphatic rings. The normalized spacial score (nSPS) is 23.9. The van der Waals surface area contributed by atoms with Gasteiger partial charge in [-0.15, -0.1) is 5.10 Å². The van der Waals surface area contributed by atoms with Gasteiger partial charge in [0.2, 0.25) is 5.91 Å². The molecule has 1 aliphatic heterocycles. The van der Waals surface area contributed by atoms with Gasteiger partial charge in [-0.3, -0.25) is 9.59 Å². The van der Waals surface area contributed by atoms with E-state index in [0.717, 1.165) is 25.7 Å². The smallest absolute Gasteiger partial charge is 0.277 e. The number of hydrogen-bond donors (Lipinski definition) is 0. The van der Waals surface area contributed by atoms with Crippen LogP contribution in [0, 0.1) is 11.8 Å². The Balaban J connectivity index is 1.37. The number of ether oxygens (including phenoxy) is 1. The van der Waals surface area contributed by atoms with Gasteiger partial charge in [0.1, 0.15) is 5.52 Å². The van der Waals surface area contributed by atoms with Gasteiger partial charge in [0, 0.05) is 25.6 Å². The Labute approximate surface area is 151 Å². The second-order valence-corrected chi connectivity index (χ2v) is 7.25. The van der Waals surface area contributed by atoms with Crippen molar-refractivity contribution in [1.29, 1.82) is 0 Å². The van der Waals surface area contributed by atoms with E-state index >= 15 is 0 Å². The first-order chi connectivity index (χ1) is 12.7. The minimum Gasteiger partial charge on any atom is -0.378 e. The SMILES string of the molecule is O=C(C1CCC(Cn2nnc3ccccc3c2=O)CC1)N1CCOCC1. The molecule has 1 saturated carbocycles. The molecule has 1 aromatic carbocycles. The number of amides is 1. The molecule has 1 amide bonds. The first-order valence-electron chi connectivity index (χ1n) is 9.41. The Morgan fingerprint density at radius 2 is 1.85 bits per heavy atom. The van der Waals surface area contributed by atoms with Crippen LogP contribution in [0.15, 0.2) is 29.1 Å². The molecule has 0 N–H and O–H groups in total. The van der Waals surface area contributed by atoms with E-state index < -0.39 is 0 Å². The number of fused-ring (bicyclic) bond motifs is 1. The Morgan fingerprint density at radius 3 is 2.62 bits per heavy atom. The standard InChI is InChI=1S/C19H24N4O3/c24-18(22-9-11-26-12-10-22)15-7-5-14(6-8-15)13-23-19(25)16-3-1-2-4-17(16)20-21-23/h1-4,14-15H,5-13H2. The summed E-state index contributed by atoms with van der Waals surface area (Å²) in [6, 6.07) is 7.29. The molecule has 26 heavy (non-hydrogen) atoms. The summed E-state index contributed by atoms with van der Waals surface area (Å²) in [6.45, 7) is 3.28. The van der Waals surface area contributed by atoms with Crippen LogP contribution in [0.5, 0.6) is 0 Å². The van der Waals surface area contributed by atoms with Gasteiger partial charge in [-0.05, 0) is 43.7 Å². The minimum absolute atomic E-state index is 0.0814. The Kier molecular flexibility index (Phi) is 4.97. The summed E-state index contributed by atoms with van der Waals surface area (Å²) < 4.78 is 6.81. The second-order valence-electron chi connectivity index (χ2n) is 7.25. The first kappa shape index (κ1) is 17.1. The van der Waals surface area contributed by atoms with Crippen LogP contribution in [0.2, 0.25) is 0 Å². The van der Waals surface area contributed by atoms with Crippen molar-refractivity contribution in [2.24, 2.45) is 11.8 Å². The van der Waals surface area contributed by atoms with Gasteiger partial charge in [0.15, 0.2) is 0 Å². The maximum atomic E-state index is 12.6. The maximum absolute atomic E-state index is 12.6. The summed E-state index contributed by atoms with van der Waals surface area (Å²) >= 11 is 0. The molecular formula is C19H24N4O3. The van der Waals surface area contributed by atoms with Crippen molar-refractivity contribution in [3.05, 3.63) is 34.6 Å². The predicted octanol–water partition coefficient (Wildman–Crippen LogP) is 1.46. The number of rotatable bonds is 3. The summed E-state index contributed by atoms with van der Waals surface area (Å²) in [4.78, 5) is 27.1. The van der Waals surface area contributed by atoms with Crippen molar-refractivity contribution >= 4 is 16.8 Å². The lowest BCUT2D eigenvalue weighted by atomic mass is 9.81. The van der Waals surface area contributed by atoms with Gasteiger partial charge in [-0.2, -0.15) is 0 Å². The van der Waals surface area contributed by atoms with Gasteiger partial charge < -0.3 is 9.64 Å². The molecule has 1 aromatic heterocycles. The van der Waals surface area contributed by atoms with E-state index in [4.69, 9.17) is 4.74 Å². The van der Waals surface area contributed by atoms with Crippen LogP contribution in [0.4, 0.5) is 0 Å². The van der Waals surface area contributed by atoms with Crippen LogP contribution < -0.4 is 5.56 Å². The highest BCUT2D eigenvalue weighted by Gasteiger charge is 2.30. The molecular weight excluding hydrogens is 332 g/mol. The van der Waals surface area contributed by atoms with Gasteiger partial charge >= 0.3 is 0 Å². The molecule has 7 nitrogen and oxygen atoms in total. The molecule has 0 atom stereocenters. The predicted molar refractivity (Wildman–Crippen MR) is 96.6 cm³/mol. The van der Waals surface area contributed by atoms with E-state index in [2.05, 4.69) is 10.3 Å². The summed E-state index contributed by atoms with van der Waals surface area (Å²) in [7, 11) is 0. The largest absolute Gasteiger partial charge is 0.378 e. The molecule has 1 aliphatic carbocycles. The zero-order valence-corrected chi connectivity index (χ0v) is 14.8. The maximum Gasteiger partial charge on any atom is 0.277 e. The summed E-state index contributed by atoms with van der Waals surface area (Å²) in [6.07, 6.45) is 3.66. The van der Waals surface area contributed by atoms with Crippen LogP contribution in [0.3, 0.4) is 0 Å². The first-order valence-corrected chi connectivity index (χ1v) is 9.41. The van der Waals surface area contributed by atoms with E-state index in [1.807, 2.05) is 17.0 Å². The Bertz CT molecular complexity index is 836. The number of carbonyl (C=O) groups excluding carboxylic acids is 1. The van der Waals surface area contributed by atoms with Gasteiger partial charge in [-0.1, -0.05) is 17.3 Å². The van der Waals surface area contributed by atoms with E-state index in [0.29, 0.717) is 49.7 Å². The molecule has 7 heteroatoms. The second kappa shape index (κ2) is 7.53. The summed E-state index contributed by atoms with van der Waals surface area (Å²) in [5.41, 5.74) is 0.552. The fourth-order valence-electron chi connectivity index (χ4n) is 4.02. The highest BCUT2D eigenvalue weighted by atomic mass is 16.5. The lowest BCUT2D eigenvalue weighted by Gasteiger charge is -2.33. The molecule has 2 aromatic rings. The molecule has 138 valence electrons. The number of benzene rings is 1. The topological polar surface area (TPSA) is 77.3 Å². The van der Waals surface area contributed by atoms with Gasteiger partial charge in [-0.25, -0.2) is 4.68 Å². The molecule has 0 radical (unpaired) electrons. The highest BCUT2D eigenvalue weighted by Crippen LogP contribution is 2.31. The lowest BCUT2D eigenvalue weighted by molar-refractivity contribution is -0.141. The van der Waals surface area contributed by atoms with E-state index in [1.54, 1.807) is 12.1 Å². The van der Waals surface area contributed by atoms with Gasteiger partial charge in [0.25, 0.3) is 5.56 Å². The number of morpholine rings is 1. The zero-order valence-electron chi connectivity index (χ0n) is 14.8. The molecule has 1 saturated heterocycles. The minimum atomic E-state index is -0.0814. The van der Waals surface area contributed by atoms with Crippen LogP contribution >= 0.6 is 0 Å². The third-order valence-corrected chi connectivity index (χ3v) is 5.58. The van der Waals surface area contributed by atoms with Crippen LogP contribution in [0.1, 0.15) is 25.7 Å². The average Bonchev–Trinajstić information content (AvgIpc) is 2.71. The van der Waals surface area contributed by atoms with Crippen molar-refractivity contribution in [3.8, 4) is 0 Å². The Morgan fingerprint density at radius 1 is 1.12 bits per heavy atom. The number of hydrogen-bond acceptors (Lipinski definition) is 5. The number of carbonyl (C=O) groups is 1. The van der Waals surface area contributed by atoms with Crippen molar-refractivity contribution in [1.82, 2.24) is 19.9 Å². The quantitative estimate of drug-likeness (QED) is 0.832. The van der Waals surface area contributed by atoms with E-state index in [-0.39, 0.29) is 17.4 Å². The fourth-order valence-corrected chi connectivity index (χ4v) is 4.02. The molecule has 0 unspecified atom stereocenters. The van der Waals surface area contributed by atoms with Crippen molar-refractivity contribution in [2.45, 2.75) is 32.2 Å². The number of aromatic nitrogens is 3. The van der Waals surface area contributed by atoms with Gasteiger partial charge in [0.05, 0.1) is 18.6 Å². The van der Waals surface area contributed by atoms with Crippen molar-refractivity contribution in [3.63, 3.8) is 0 Å². The van der Waals surface area contributed by atoms with E-state index in [9.17, 15) is 9.59 Å². The third kappa shape index (κ3) is 3.49. The monoisotopic (exact) mass is 356 g/mol. The highest BCUT2D eigenvalue weighted by molar-refractivity contribution is 5.79. The van der Waals surface area contributed by atoms with Crippen LogP contribution in [0.25, 0.3) is 10.9 Å². The van der Waals surface area contributed by atoms with Crippen LogP contribution in [-0.4, -0.2) is 52.1 Å². The summed E-state index contributed by atoms with van der Waals surface area (Å²) in [5, 5.41) is 8.86. The Hall–Kier alpha value is -2.28. The van der Waals surface area contributed by atoms with E-state index in [1.165, 1.54) is 4.68 Å². The molecule has 2 heterocycles. The number of nitrogens with zero attached hydrogens (tertiary/aromatic N) is 4. The molecule has 0 bridgehead atoms. The molecule has 2 fully saturated rings. The van der Waals surface area contributed by atoms with Crippen LogP contribution in [-0.2, 0) is 16.1 Å². The average molecular weight is 356 g/mol. The third-order valence-electron chi connectivity index (χ3n) is 5.58. The molecule has 4 rings (SSSR count). The molecule has 0 spiro atoms. The zero-order chi connectivity index (χ0) is 17.9. The summed E-state index contributed by atoms with van der Waals surface area (Å²) in [5.74, 6) is 0.759. The van der Waals surface area contributed by atoms with Crippen molar-refractivity contribution < 1.29 is 9.53 Å².